The third kappa shape index (κ3) is 3.85. The summed E-state index contributed by atoms with van der Waals surface area (Å²) in [6.07, 6.45) is 1.80. The van der Waals surface area contributed by atoms with Crippen LogP contribution in [0.1, 0.15) is 48.1 Å². The highest BCUT2D eigenvalue weighted by Crippen LogP contribution is 2.28. The first kappa shape index (κ1) is 16.5. The van der Waals surface area contributed by atoms with Gasteiger partial charge in [-0.2, -0.15) is 0 Å². The number of rotatable bonds is 4. The zero-order valence-electron chi connectivity index (χ0n) is 14.1. The molecule has 1 aliphatic heterocycles. The van der Waals surface area contributed by atoms with E-state index in [0.29, 0.717) is 6.54 Å². The highest BCUT2D eigenvalue weighted by atomic mass is 16.5. The lowest BCUT2D eigenvalue weighted by molar-refractivity contribution is -0.0587. The normalized spacial score (nSPS) is 25.0. The van der Waals surface area contributed by atoms with E-state index in [9.17, 15) is 5.11 Å². The van der Waals surface area contributed by atoms with Crippen molar-refractivity contribution in [2.24, 2.45) is 0 Å². The average Bonchev–Trinajstić information content (AvgIpc) is 2.37. The van der Waals surface area contributed by atoms with Gasteiger partial charge in [0.1, 0.15) is 0 Å². The topological polar surface area (TPSA) is 32.7 Å². The fourth-order valence-corrected chi connectivity index (χ4v) is 3.68. The van der Waals surface area contributed by atoms with Gasteiger partial charge >= 0.3 is 0 Å². The fourth-order valence-electron chi connectivity index (χ4n) is 3.68. The maximum absolute atomic E-state index is 10.7. The first-order valence-electron chi connectivity index (χ1n) is 7.88. The van der Waals surface area contributed by atoms with E-state index in [1.807, 2.05) is 0 Å². The Morgan fingerprint density at radius 3 is 2.48 bits per heavy atom. The number of likely N-dealkylation sites (tertiary alicyclic amines) is 1. The third-order valence-corrected chi connectivity index (χ3v) is 4.73. The third-order valence-electron chi connectivity index (χ3n) is 4.73. The van der Waals surface area contributed by atoms with Crippen LogP contribution in [0.15, 0.2) is 12.1 Å². The van der Waals surface area contributed by atoms with E-state index in [1.165, 1.54) is 16.7 Å². The highest BCUT2D eigenvalue weighted by Gasteiger charge is 2.31. The standard InChI is InChI=1S/C18H29NO2/c1-13-9-14(2)17(15(3)10-13)16(20)11-19-8-6-7-18(4,12-19)21-5/h9-10,16,20H,6-8,11-12H2,1-5H3. The maximum Gasteiger partial charge on any atom is 0.0922 e. The first-order chi connectivity index (χ1) is 9.84. The van der Waals surface area contributed by atoms with Crippen LogP contribution in [0.2, 0.25) is 0 Å². The lowest BCUT2D eigenvalue weighted by atomic mass is 9.92. The number of methoxy groups -OCH3 is 1. The molecule has 3 heteroatoms. The van der Waals surface area contributed by atoms with Gasteiger partial charge in [-0.25, -0.2) is 0 Å². The molecule has 0 bridgehead atoms. The SMILES string of the molecule is COC1(C)CCCN(CC(O)c2c(C)cc(C)cc2C)C1. The lowest BCUT2D eigenvalue weighted by Crippen LogP contribution is -2.48. The molecule has 0 amide bonds. The Labute approximate surface area is 128 Å². The van der Waals surface area contributed by atoms with Crippen molar-refractivity contribution in [3.05, 3.63) is 34.4 Å². The smallest absolute Gasteiger partial charge is 0.0922 e. The number of aryl methyl sites for hydroxylation is 3. The number of hydrogen-bond acceptors (Lipinski definition) is 3. The largest absolute Gasteiger partial charge is 0.387 e. The van der Waals surface area contributed by atoms with Crippen LogP contribution >= 0.6 is 0 Å². The van der Waals surface area contributed by atoms with Crippen molar-refractivity contribution < 1.29 is 9.84 Å². The van der Waals surface area contributed by atoms with E-state index in [0.717, 1.165) is 31.5 Å². The molecule has 1 saturated heterocycles. The Bertz CT molecular complexity index is 477. The predicted octanol–water partition coefficient (Wildman–Crippen LogP) is 3.15. The maximum atomic E-state index is 10.7. The number of aliphatic hydroxyl groups excluding tert-OH is 1. The summed E-state index contributed by atoms with van der Waals surface area (Å²) >= 11 is 0. The van der Waals surface area contributed by atoms with Crippen LogP contribution in [0.4, 0.5) is 0 Å². The zero-order chi connectivity index (χ0) is 15.6. The van der Waals surface area contributed by atoms with Crippen LogP contribution in [-0.4, -0.2) is 42.4 Å². The Morgan fingerprint density at radius 2 is 1.90 bits per heavy atom. The van der Waals surface area contributed by atoms with Crippen molar-refractivity contribution in [2.75, 3.05) is 26.7 Å². The molecule has 2 atom stereocenters. The van der Waals surface area contributed by atoms with Crippen molar-refractivity contribution in [1.82, 2.24) is 4.90 Å². The molecular weight excluding hydrogens is 262 g/mol. The van der Waals surface area contributed by atoms with Gasteiger partial charge in [0.2, 0.25) is 0 Å². The van der Waals surface area contributed by atoms with E-state index < -0.39 is 6.10 Å². The van der Waals surface area contributed by atoms with Crippen LogP contribution in [0, 0.1) is 20.8 Å². The number of benzene rings is 1. The molecule has 3 nitrogen and oxygen atoms in total. The van der Waals surface area contributed by atoms with Gasteiger partial charge in [0, 0.05) is 20.2 Å². The molecule has 21 heavy (non-hydrogen) atoms. The summed E-state index contributed by atoms with van der Waals surface area (Å²) in [4.78, 5) is 2.33. The Hall–Kier alpha value is -0.900. The van der Waals surface area contributed by atoms with Gasteiger partial charge < -0.3 is 9.84 Å². The van der Waals surface area contributed by atoms with Crippen molar-refractivity contribution in [3.63, 3.8) is 0 Å². The van der Waals surface area contributed by atoms with Gasteiger partial charge in [-0.1, -0.05) is 17.7 Å². The second-order valence-electron chi connectivity index (χ2n) is 6.82. The van der Waals surface area contributed by atoms with Crippen LogP contribution in [-0.2, 0) is 4.74 Å². The molecule has 0 saturated carbocycles. The summed E-state index contributed by atoms with van der Waals surface area (Å²) in [6, 6.07) is 4.31. The molecule has 1 aromatic rings. The lowest BCUT2D eigenvalue weighted by Gasteiger charge is -2.40. The summed E-state index contributed by atoms with van der Waals surface area (Å²) in [5, 5.41) is 10.7. The number of ether oxygens (including phenoxy) is 1. The molecular formula is C18H29NO2. The van der Waals surface area contributed by atoms with E-state index in [4.69, 9.17) is 4.74 Å². The number of nitrogens with zero attached hydrogens (tertiary/aromatic N) is 1. The minimum absolute atomic E-state index is 0.0741. The van der Waals surface area contributed by atoms with Gasteiger partial charge in [0.25, 0.3) is 0 Å². The molecule has 0 radical (unpaired) electrons. The van der Waals surface area contributed by atoms with Gasteiger partial charge in [-0.05, 0) is 63.8 Å². The molecule has 1 aliphatic rings. The van der Waals surface area contributed by atoms with Crippen LogP contribution in [0.5, 0.6) is 0 Å². The second kappa shape index (κ2) is 6.47. The highest BCUT2D eigenvalue weighted by molar-refractivity contribution is 5.39. The van der Waals surface area contributed by atoms with Crippen LogP contribution < -0.4 is 0 Å². The van der Waals surface area contributed by atoms with E-state index >= 15 is 0 Å². The van der Waals surface area contributed by atoms with Crippen molar-refractivity contribution in [2.45, 2.75) is 52.2 Å². The van der Waals surface area contributed by atoms with E-state index in [2.05, 4.69) is 44.7 Å². The molecule has 1 fully saturated rings. The summed E-state index contributed by atoms with van der Waals surface area (Å²) in [6.45, 7) is 11.1. The summed E-state index contributed by atoms with van der Waals surface area (Å²) < 4.78 is 5.64. The summed E-state index contributed by atoms with van der Waals surface area (Å²) in [5.74, 6) is 0. The molecule has 1 heterocycles. The van der Waals surface area contributed by atoms with Crippen molar-refractivity contribution in [3.8, 4) is 0 Å². The average molecular weight is 291 g/mol. The Balaban J connectivity index is 2.10. The Morgan fingerprint density at radius 1 is 1.29 bits per heavy atom. The number of piperidine rings is 1. The van der Waals surface area contributed by atoms with Crippen LogP contribution in [0.25, 0.3) is 0 Å². The summed E-state index contributed by atoms with van der Waals surface area (Å²) in [7, 11) is 1.79. The van der Waals surface area contributed by atoms with E-state index in [-0.39, 0.29) is 5.60 Å². The van der Waals surface area contributed by atoms with Gasteiger partial charge in [-0.15, -0.1) is 0 Å². The summed E-state index contributed by atoms with van der Waals surface area (Å²) in [5.41, 5.74) is 4.64. The van der Waals surface area contributed by atoms with Gasteiger partial charge in [0.15, 0.2) is 0 Å². The minimum Gasteiger partial charge on any atom is -0.387 e. The van der Waals surface area contributed by atoms with Crippen LogP contribution in [0.3, 0.4) is 0 Å². The molecule has 0 aliphatic carbocycles. The molecule has 2 rings (SSSR count). The number of aliphatic hydroxyl groups is 1. The monoisotopic (exact) mass is 291 g/mol. The van der Waals surface area contributed by atoms with Gasteiger partial charge in [0.05, 0.1) is 11.7 Å². The first-order valence-corrected chi connectivity index (χ1v) is 7.88. The molecule has 2 unspecified atom stereocenters. The predicted molar refractivity (Wildman–Crippen MR) is 86.7 cm³/mol. The minimum atomic E-state index is -0.426. The number of hydrogen-bond donors (Lipinski definition) is 1. The van der Waals surface area contributed by atoms with Crippen molar-refractivity contribution in [1.29, 1.82) is 0 Å². The van der Waals surface area contributed by atoms with Crippen molar-refractivity contribution >= 4 is 0 Å². The molecule has 0 spiro atoms. The quantitative estimate of drug-likeness (QED) is 0.925. The number of β-amino-alcohol motifs (C(OH)–C–C–N with tert-alkyl or cyclic N) is 1. The molecule has 118 valence electrons. The molecule has 1 N–H and O–H groups in total. The van der Waals surface area contributed by atoms with E-state index in [1.54, 1.807) is 7.11 Å². The zero-order valence-corrected chi connectivity index (χ0v) is 14.1. The molecule has 1 aromatic carbocycles. The van der Waals surface area contributed by atoms with Gasteiger partial charge in [-0.3, -0.25) is 4.90 Å². The second-order valence-corrected chi connectivity index (χ2v) is 6.82. The molecule has 0 aromatic heterocycles. The fraction of sp³-hybridized carbons (Fsp3) is 0.667. The Kier molecular flexibility index (Phi) is 5.07.